The van der Waals surface area contributed by atoms with E-state index in [9.17, 15) is 5.26 Å². The first-order valence-corrected chi connectivity index (χ1v) is 7.51. The van der Waals surface area contributed by atoms with Gasteiger partial charge in [-0.25, -0.2) is 4.98 Å². The summed E-state index contributed by atoms with van der Waals surface area (Å²) in [5.41, 5.74) is 2.04. The van der Waals surface area contributed by atoms with Crippen molar-refractivity contribution < 1.29 is 4.74 Å². The van der Waals surface area contributed by atoms with Gasteiger partial charge in [-0.2, -0.15) is 14.9 Å². The predicted molar refractivity (Wildman–Crippen MR) is 81.6 cm³/mol. The van der Waals surface area contributed by atoms with Crippen LogP contribution in [0.2, 0.25) is 0 Å². The SMILES string of the molecule is CCCc1nn2c(C#N)c(-c3ccc(OC)cc3)nc2s1. The van der Waals surface area contributed by atoms with E-state index in [0.717, 1.165) is 34.1 Å². The summed E-state index contributed by atoms with van der Waals surface area (Å²) in [6.45, 7) is 2.11. The highest BCUT2D eigenvalue weighted by molar-refractivity contribution is 7.16. The molecule has 2 heterocycles. The summed E-state index contributed by atoms with van der Waals surface area (Å²) in [6, 6.07) is 9.74. The number of rotatable bonds is 4. The van der Waals surface area contributed by atoms with Crippen molar-refractivity contribution in [3.63, 3.8) is 0 Å². The lowest BCUT2D eigenvalue weighted by Crippen LogP contribution is -1.92. The molecule has 0 spiro atoms. The van der Waals surface area contributed by atoms with Crippen LogP contribution in [0.5, 0.6) is 5.75 Å². The second-order valence-corrected chi connectivity index (χ2v) is 5.63. The van der Waals surface area contributed by atoms with Gasteiger partial charge in [0, 0.05) is 12.0 Å². The van der Waals surface area contributed by atoms with Crippen LogP contribution in [-0.2, 0) is 6.42 Å². The van der Waals surface area contributed by atoms with E-state index in [2.05, 4.69) is 23.1 Å². The van der Waals surface area contributed by atoms with Crippen LogP contribution >= 0.6 is 11.3 Å². The van der Waals surface area contributed by atoms with Crippen LogP contribution in [0.1, 0.15) is 24.0 Å². The summed E-state index contributed by atoms with van der Waals surface area (Å²) in [6.07, 6.45) is 1.95. The molecule has 0 unspecified atom stereocenters. The van der Waals surface area contributed by atoms with Gasteiger partial charge in [-0.15, -0.1) is 0 Å². The first-order chi connectivity index (χ1) is 10.3. The number of methoxy groups -OCH3 is 1. The van der Waals surface area contributed by atoms with Crippen molar-refractivity contribution in [2.24, 2.45) is 0 Å². The molecule has 0 N–H and O–H groups in total. The van der Waals surface area contributed by atoms with E-state index in [4.69, 9.17) is 4.74 Å². The molecule has 1 aromatic carbocycles. The van der Waals surface area contributed by atoms with Gasteiger partial charge in [0.15, 0.2) is 5.69 Å². The summed E-state index contributed by atoms with van der Waals surface area (Å²) in [5.74, 6) is 0.779. The number of imidazole rings is 1. The Kier molecular flexibility index (Phi) is 3.59. The molecule has 106 valence electrons. The molecule has 3 aromatic rings. The Morgan fingerprint density at radius 2 is 2.10 bits per heavy atom. The van der Waals surface area contributed by atoms with Crippen molar-refractivity contribution in [1.82, 2.24) is 14.6 Å². The number of nitriles is 1. The van der Waals surface area contributed by atoms with Crippen molar-refractivity contribution in [3.8, 4) is 23.1 Å². The fourth-order valence-electron chi connectivity index (χ4n) is 2.15. The first kappa shape index (κ1) is 13.6. The third-order valence-corrected chi connectivity index (χ3v) is 4.15. The number of hydrogen-bond donors (Lipinski definition) is 0. The zero-order valence-corrected chi connectivity index (χ0v) is 12.6. The topological polar surface area (TPSA) is 63.2 Å². The second-order valence-electron chi connectivity index (χ2n) is 4.59. The first-order valence-electron chi connectivity index (χ1n) is 6.69. The van der Waals surface area contributed by atoms with Gasteiger partial charge in [-0.3, -0.25) is 0 Å². The van der Waals surface area contributed by atoms with Crippen LogP contribution in [0, 0.1) is 11.3 Å². The van der Waals surface area contributed by atoms with Gasteiger partial charge < -0.3 is 4.74 Å². The quantitative estimate of drug-likeness (QED) is 0.741. The zero-order chi connectivity index (χ0) is 14.8. The third-order valence-electron chi connectivity index (χ3n) is 3.18. The van der Waals surface area contributed by atoms with E-state index in [1.165, 1.54) is 11.3 Å². The van der Waals surface area contributed by atoms with Crippen LogP contribution in [0.4, 0.5) is 0 Å². The number of aryl methyl sites for hydroxylation is 1. The number of nitrogens with zero attached hydrogens (tertiary/aromatic N) is 4. The Morgan fingerprint density at radius 1 is 1.33 bits per heavy atom. The molecule has 0 aliphatic heterocycles. The summed E-state index contributed by atoms with van der Waals surface area (Å²) >= 11 is 1.54. The summed E-state index contributed by atoms with van der Waals surface area (Å²) in [5, 5.41) is 14.9. The van der Waals surface area contributed by atoms with Crippen LogP contribution < -0.4 is 4.74 Å². The minimum absolute atomic E-state index is 0.480. The van der Waals surface area contributed by atoms with Crippen LogP contribution in [0.3, 0.4) is 0 Å². The molecule has 0 atom stereocenters. The molecular formula is C15H14N4OS. The standard InChI is InChI=1S/C15H14N4OS/c1-3-4-13-18-19-12(9-16)14(17-15(19)21-13)10-5-7-11(20-2)8-6-10/h5-8H,3-4H2,1-2H3. The lowest BCUT2D eigenvalue weighted by molar-refractivity contribution is 0.415. The highest BCUT2D eigenvalue weighted by Gasteiger charge is 2.17. The Morgan fingerprint density at radius 3 is 2.71 bits per heavy atom. The van der Waals surface area contributed by atoms with Gasteiger partial charge in [-0.1, -0.05) is 18.3 Å². The number of benzene rings is 1. The van der Waals surface area contributed by atoms with Crippen molar-refractivity contribution in [2.45, 2.75) is 19.8 Å². The Hall–Kier alpha value is -2.39. The molecule has 0 bridgehead atoms. The third kappa shape index (κ3) is 2.36. The lowest BCUT2D eigenvalue weighted by Gasteiger charge is -2.01. The molecule has 6 heteroatoms. The van der Waals surface area contributed by atoms with E-state index in [0.29, 0.717) is 11.4 Å². The highest BCUT2D eigenvalue weighted by Crippen LogP contribution is 2.28. The van der Waals surface area contributed by atoms with Gasteiger partial charge in [-0.05, 0) is 30.7 Å². The van der Waals surface area contributed by atoms with Gasteiger partial charge >= 0.3 is 0 Å². The fourth-order valence-corrected chi connectivity index (χ4v) is 3.15. The Balaban J connectivity index is 2.09. The van der Waals surface area contributed by atoms with Gasteiger partial charge in [0.1, 0.15) is 22.5 Å². The van der Waals surface area contributed by atoms with Crippen molar-refractivity contribution in [2.75, 3.05) is 7.11 Å². The smallest absolute Gasteiger partial charge is 0.214 e. The van der Waals surface area contributed by atoms with Gasteiger partial charge in [0.2, 0.25) is 4.96 Å². The molecule has 0 aliphatic rings. The molecule has 0 fully saturated rings. The van der Waals surface area contributed by atoms with E-state index in [1.54, 1.807) is 11.6 Å². The average molecular weight is 298 g/mol. The van der Waals surface area contributed by atoms with Crippen LogP contribution in [-0.4, -0.2) is 21.7 Å². The Labute approximate surface area is 126 Å². The largest absolute Gasteiger partial charge is 0.497 e. The summed E-state index contributed by atoms with van der Waals surface area (Å²) in [7, 11) is 1.63. The van der Waals surface area contributed by atoms with E-state index in [1.807, 2.05) is 24.3 Å². The fraction of sp³-hybridized carbons (Fsp3) is 0.267. The number of fused-ring (bicyclic) bond motifs is 1. The average Bonchev–Trinajstić information content (AvgIpc) is 3.04. The van der Waals surface area contributed by atoms with Gasteiger partial charge in [0.05, 0.1) is 7.11 Å². The molecule has 3 rings (SSSR count). The number of hydrogen-bond acceptors (Lipinski definition) is 5. The molecule has 0 saturated carbocycles. The van der Waals surface area contributed by atoms with Gasteiger partial charge in [0.25, 0.3) is 0 Å². The number of ether oxygens (including phenoxy) is 1. The molecule has 0 amide bonds. The predicted octanol–water partition coefficient (Wildman–Crippen LogP) is 3.29. The molecule has 5 nitrogen and oxygen atoms in total. The normalized spacial score (nSPS) is 10.7. The molecule has 0 saturated heterocycles. The number of aromatic nitrogens is 3. The molecule has 0 aliphatic carbocycles. The molecule has 2 aromatic heterocycles. The molecule has 0 radical (unpaired) electrons. The maximum atomic E-state index is 9.44. The monoisotopic (exact) mass is 298 g/mol. The molecule has 21 heavy (non-hydrogen) atoms. The minimum atomic E-state index is 0.480. The maximum absolute atomic E-state index is 9.44. The Bertz CT molecular complexity index is 811. The maximum Gasteiger partial charge on any atom is 0.214 e. The van der Waals surface area contributed by atoms with E-state index < -0.39 is 0 Å². The van der Waals surface area contributed by atoms with Crippen molar-refractivity contribution in [3.05, 3.63) is 35.0 Å². The van der Waals surface area contributed by atoms with Crippen molar-refractivity contribution in [1.29, 1.82) is 5.26 Å². The summed E-state index contributed by atoms with van der Waals surface area (Å²) in [4.78, 5) is 5.33. The van der Waals surface area contributed by atoms with Crippen LogP contribution in [0.25, 0.3) is 16.2 Å². The second kappa shape index (κ2) is 5.54. The minimum Gasteiger partial charge on any atom is -0.497 e. The summed E-state index contributed by atoms with van der Waals surface area (Å²) < 4.78 is 6.80. The molecular weight excluding hydrogens is 284 g/mol. The van der Waals surface area contributed by atoms with Crippen LogP contribution in [0.15, 0.2) is 24.3 Å². The highest BCUT2D eigenvalue weighted by atomic mass is 32.1. The van der Waals surface area contributed by atoms with E-state index >= 15 is 0 Å². The zero-order valence-electron chi connectivity index (χ0n) is 11.8. The lowest BCUT2D eigenvalue weighted by atomic mass is 10.1. The van der Waals surface area contributed by atoms with Crippen molar-refractivity contribution >= 4 is 16.3 Å². The van der Waals surface area contributed by atoms with E-state index in [-0.39, 0.29) is 0 Å².